The summed E-state index contributed by atoms with van der Waals surface area (Å²) in [7, 11) is -14.5. The van der Waals surface area contributed by atoms with Gasteiger partial charge in [-0.05, 0) is 0 Å². The molecule has 438 valence electrons. The molecule has 75 heavy (non-hydrogen) atoms. The molecule has 25 unspecified atom stereocenters. The molecule has 0 saturated carbocycles. The number of carbonyl (C=O) groups is 2. The second-order valence-corrected chi connectivity index (χ2v) is 20.3. The fraction of sp³-hybridized carbons (Fsp3) is 0.941. The Bertz CT molecular complexity index is 2170. The van der Waals surface area contributed by atoms with Gasteiger partial charge in [0.05, 0.1) is 32.0 Å². The minimum Gasteiger partial charge on any atom is -0.479 e. The van der Waals surface area contributed by atoms with Crippen molar-refractivity contribution >= 4 is 43.6 Å². The number of aliphatic carboxylic acids is 1. The highest BCUT2D eigenvalue weighted by atomic mass is 32.3. The Morgan fingerprint density at radius 3 is 1.48 bits per heavy atom. The number of hydrogen-bond acceptors (Lipinski definition) is 34. The maximum Gasteiger partial charge on any atom is 0.397 e. The largest absolute Gasteiger partial charge is 0.479 e. The highest BCUT2D eigenvalue weighted by Gasteiger charge is 2.59. The first-order valence-corrected chi connectivity index (χ1v) is 25.7. The predicted octanol–water partition coefficient (Wildman–Crippen LogP) is -6.88. The molecule has 0 spiro atoms. The lowest BCUT2D eigenvalue weighted by molar-refractivity contribution is -0.540. The second-order valence-electron chi connectivity index (χ2n) is 17.1. The average Bonchev–Trinajstić information content (AvgIpc) is 3.32. The van der Waals surface area contributed by atoms with Crippen LogP contribution < -0.4 is 0 Å². The molecule has 0 aromatic heterocycles. The summed E-state index contributed by atoms with van der Waals surface area (Å²) in [4.78, 5) is 34.2. The van der Waals surface area contributed by atoms with Crippen LogP contribution >= 0.6 is 0 Å². The Balaban J connectivity index is 1.40. The molecule has 0 bridgehead atoms. The Kier molecular flexibility index (Phi) is 22.7. The minimum atomic E-state index is -5.42. The summed E-state index contributed by atoms with van der Waals surface area (Å²) in [5.41, 5.74) is 0. The van der Waals surface area contributed by atoms with E-state index in [-0.39, 0.29) is 6.47 Å². The summed E-state index contributed by atoms with van der Waals surface area (Å²) >= 11 is 0. The molecule has 12 N–H and O–H groups in total. The highest BCUT2D eigenvalue weighted by molar-refractivity contribution is 7.81. The lowest BCUT2D eigenvalue weighted by atomic mass is 9.91. The SMILES string of the molecule is COC1OC(COS(=O)(=O)O)C(OC2OC(OC=O)C(OC3OC(COS(=O)(=O)O)C(OC4OC(C(=O)O)C(OC5OC(COS(=O)(=O)O)C(O)C(O)C5C)C(O)C4O)C(OOO)C3C)C(O)C2OOO)C(O)C1C. The van der Waals surface area contributed by atoms with E-state index in [2.05, 4.69) is 22.6 Å². The third-order valence-electron chi connectivity index (χ3n) is 12.2. The Morgan fingerprint density at radius 2 is 0.947 bits per heavy atom. The molecule has 0 aromatic rings. The van der Waals surface area contributed by atoms with E-state index in [4.69, 9.17) is 66.4 Å². The van der Waals surface area contributed by atoms with Gasteiger partial charge in [0.2, 0.25) is 6.29 Å². The maximum absolute atomic E-state index is 12.6. The lowest BCUT2D eigenvalue weighted by Crippen LogP contribution is -2.67. The van der Waals surface area contributed by atoms with Crippen LogP contribution in [-0.2, 0) is 125 Å². The molecule has 0 aliphatic carbocycles. The van der Waals surface area contributed by atoms with Gasteiger partial charge in [-0.2, -0.15) is 35.0 Å². The number of ether oxygens (including phenoxy) is 11. The van der Waals surface area contributed by atoms with Gasteiger partial charge < -0.3 is 87.9 Å². The first kappa shape index (κ1) is 63.5. The van der Waals surface area contributed by atoms with E-state index in [0.29, 0.717) is 0 Å². The predicted molar refractivity (Wildman–Crippen MR) is 218 cm³/mol. The number of carboxylic acids is 1. The monoisotopic (exact) mass is 1170 g/mol. The van der Waals surface area contributed by atoms with Crippen LogP contribution in [0.15, 0.2) is 0 Å². The van der Waals surface area contributed by atoms with Crippen molar-refractivity contribution in [2.45, 2.75) is 156 Å². The van der Waals surface area contributed by atoms with Crippen molar-refractivity contribution in [3.63, 3.8) is 0 Å². The number of carboxylic acid groups (broad SMARTS) is 1. The van der Waals surface area contributed by atoms with E-state index >= 15 is 0 Å². The van der Waals surface area contributed by atoms with Gasteiger partial charge in [0.15, 0.2) is 49.8 Å². The highest BCUT2D eigenvalue weighted by Crippen LogP contribution is 2.40. The summed E-state index contributed by atoms with van der Waals surface area (Å²) in [6.45, 7) is -0.0311. The van der Waals surface area contributed by atoms with Gasteiger partial charge in [-0.3, -0.25) is 18.5 Å². The molecule has 5 aliphatic heterocycles. The van der Waals surface area contributed by atoms with E-state index in [9.17, 15) is 90.2 Å². The first-order valence-electron chi connectivity index (χ1n) is 21.6. The number of aliphatic hydroxyl groups excluding tert-OH is 6. The zero-order chi connectivity index (χ0) is 56.1. The van der Waals surface area contributed by atoms with E-state index in [1.807, 2.05) is 0 Å². The topological polar surface area (TPSA) is 545 Å². The second kappa shape index (κ2) is 26.8. The fourth-order valence-corrected chi connectivity index (χ4v) is 9.34. The molecule has 0 radical (unpaired) electrons. The maximum atomic E-state index is 12.6. The van der Waals surface area contributed by atoms with Crippen LogP contribution in [0.1, 0.15) is 20.8 Å². The Labute approximate surface area is 422 Å². The van der Waals surface area contributed by atoms with Crippen molar-refractivity contribution in [1.29, 1.82) is 0 Å². The summed E-state index contributed by atoms with van der Waals surface area (Å²) < 4.78 is 171. The van der Waals surface area contributed by atoms with Crippen molar-refractivity contribution in [1.82, 2.24) is 0 Å². The average molecular weight is 1170 g/mol. The summed E-state index contributed by atoms with van der Waals surface area (Å²) in [5, 5.41) is 103. The molecule has 25 atom stereocenters. The van der Waals surface area contributed by atoms with Crippen LogP contribution in [0.25, 0.3) is 0 Å². The minimum absolute atomic E-state index is 0.246. The number of methoxy groups -OCH3 is 1. The smallest absolute Gasteiger partial charge is 0.397 e. The zero-order valence-corrected chi connectivity index (χ0v) is 41.3. The molecular weight excluding hydrogens is 1110 g/mol. The normalized spacial score (nSPS) is 43.2. The van der Waals surface area contributed by atoms with Crippen molar-refractivity contribution in [2.24, 2.45) is 17.8 Å². The molecule has 38 nitrogen and oxygen atoms in total. The summed E-state index contributed by atoms with van der Waals surface area (Å²) in [6.07, 6.45) is -44.6. The molecule has 5 heterocycles. The Morgan fingerprint density at radius 1 is 0.480 bits per heavy atom. The number of aliphatic hydroxyl groups is 6. The standard InChI is InChI=1S/C34H56O38S3/c1-9-15(36)17(38)12(5-57-73(46,47)48)60-30(9)65-24-18(39)19(40)32(67-27(24)28(42)43)64-23-14(7-59-75(52,53)54)62-31(11(3)21(23)69-71-44)66-25-20(41)26(70-72-45)34(68-33(25)56-8-35)63-22-13(6-58-74(49,50)51)61-29(55-4)10(2)16(22)37/h8-27,29-34,36-41,44-45H,5-7H2,1-4H3,(H,42,43)(H,46,47,48)(H,49,50,51)(H,52,53,54). The number of hydrogen-bond donors (Lipinski definition) is 12. The van der Waals surface area contributed by atoms with Crippen molar-refractivity contribution in [3.8, 4) is 0 Å². The molecule has 5 aliphatic rings. The van der Waals surface area contributed by atoms with E-state index < -0.39 is 210 Å². The van der Waals surface area contributed by atoms with Gasteiger partial charge in [-0.25, -0.2) is 27.9 Å². The van der Waals surface area contributed by atoms with Crippen molar-refractivity contribution in [2.75, 3.05) is 26.9 Å². The molecule has 5 saturated heterocycles. The van der Waals surface area contributed by atoms with Gasteiger partial charge in [0, 0.05) is 24.9 Å². The third kappa shape index (κ3) is 16.2. The van der Waals surface area contributed by atoms with Crippen LogP contribution in [0, 0.1) is 17.8 Å². The van der Waals surface area contributed by atoms with Gasteiger partial charge in [0.1, 0.15) is 67.1 Å². The van der Waals surface area contributed by atoms with Crippen molar-refractivity contribution < 1.29 is 179 Å². The van der Waals surface area contributed by atoms with Gasteiger partial charge in [-0.1, -0.05) is 30.8 Å². The molecule has 0 amide bonds. The molecule has 0 aromatic carbocycles. The first-order chi connectivity index (χ1) is 34.9. The van der Waals surface area contributed by atoms with Crippen LogP contribution in [0.4, 0.5) is 0 Å². The Hall–Kier alpha value is -2.33. The molecule has 5 rings (SSSR count). The van der Waals surface area contributed by atoms with Gasteiger partial charge in [-0.15, -0.1) is 0 Å². The van der Waals surface area contributed by atoms with E-state index in [1.165, 1.54) is 13.8 Å². The van der Waals surface area contributed by atoms with E-state index in [1.54, 1.807) is 0 Å². The number of rotatable bonds is 25. The summed E-state index contributed by atoms with van der Waals surface area (Å²) in [6, 6.07) is 0. The van der Waals surface area contributed by atoms with Crippen LogP contribution in [0.5, 0.6) is 0 Å². The molecule has 41 heteroatoms. The van der Waals surface area contributed by atoms with E-state index in [0.717, 1.165) is 14.0 Å². The number of carbonyl (C=O) groups excluding carboxylic acids is 1. The zero-order valence-electron chi connectivity index (χ0n) is 38.8. The van der Waals surface area contributed by atoms with Gasteiger partial charge in [0.25, 0.3) is 6.47 Å². The third-order valence-corrected chi connectivity index (χ3v) is 13.5. The van der Waals surface area contributed by atoms with Crippen LogP contribution in [0.3, 0.4) is 0 Å². The van der Waals surface area contributed by atoms with Crippen LogP contribution in [-0.4, -0.2) is 260 Å². The van der Waals surface area contributed by atoms with Crippen LogP contribution in [0.2, 0.25) is 0 Å². The van der Waals surface area contributed by atoms with Gasteiger partial charge >= 0.3 is 37.2 Å². The molecule has 5 fully saturated rings. The summed E-state index contributed by atoms with van der Waals surface area (Å²) in [5.74, 6) is -5.79. The van der Waals surface area contributed by atoms with Crippen molar-refractivity contribution in [3.05, 3.63) is 0 Å². The molecular formula is C34H56O38S3. The lowest BCUT2D eigenvalue weighted by Gasteiger charge is -2.50. The fourth-order valence-electron chi connectivity index (χ4n) is 8.42. The quantitative estimate of drug-likeness (QED) is 0.0175.